The second kappa shape index (κ2) is 8.17. The molecule has 0 radical (unpaired) electrons. The molecule has 21 heavy (non-hydrogen) atoms. The van der Waals surface area contributed by atoms with Crippen molar-refractivity contribution in [2.75, 3.05) is 17.3 Å². The van der Waals surface area contributed by atoms with Crippen LogP contribution in [0.4, 0.5) is 11.6 Å². The minimum Gasteiger partial charge on any atom is -0.370 e. The number of nitrogens with one attached hydrogen (secondary N) is 2. The number of nitrogen functional groups attached to an aromatic ring is 1. The molecule has 1 fully saturated rings. The lowest BCUT2D eigenvalue weighted by molar-refractivity contribution is 0.278. The third kappa shape index (κ3) is 4.84. The van der Waals surface area contributed by atoms with E-state index in [4.69, 9.17) is 5.84 Å². The average Bonchev–Trinajstić information content (AvgIpc) is 2.53. The summed E-state index contributed by atoms with van der Waals surface area (Å²) in [5.41, 5.74) is 2.63. The first-order valence-electron chi connectivity index (χ1n) is 8.33. The molecule has 1 aromatic rings. The van der Waals surface area contributed by atoms with Crippen LogP contribution in [0, 0.1) is 11.8 Å². The van der Waals surface area contributed by atoms with Gasteiger partial charge in [-0.2, -0.15) is 0 Å². The summed E-state index contributed by atoms with van der Waals surface area (Å²) in [6, 6.07) is 1.89. The fourth-order valence-electron chi connectivity index (χ4n) is 3.09. The fourth-order valence-corrected chi connectivity index (χ4v) is 3.09. The van der Waals surface area contributed by atoms with Crippen molar-refractivity contribution in [2.24, 2.45) is 17.7 Å². The lowest BCUT2D eigenvalue weighted by Gasteiger charge is -2.28. The zero-order chi connectivity index (χ0) is 15.1. The van der Waals surface area contributed by atoms with Crippen molar-refractivity contribution >= 4 is 11.6 Å². The van der Waals surface area contributed by atoms with E-state index < -0.39 is 0 Å². The highest BCUT2D eigenvalue weighted by molar-refractivity contribution is 5.46. The van der Waals surface area contributed by atoms with E-state index in [-0.39, 0.29) is 0 Å². The van der Waals surface area contributed by atoms with Gasteiger partial charge in [0.1, 0.15) is 17.5 Å². The second-order valence-corrected chi connectivity index (χ2v) is 6.12. The van der Waals surface area contributed by atoms with E-state index in [1.54, 1.807) is 0 Å². The molecule has 0 unspecified atom stereocenters. The Labute approximate surface area is 128 Å². The molecule has 5 nitrogen and oxygen atoms in total. The van der Waals surface area contributed by atoms with Crippen LogP contribution in [-0.2, 0) is 6.42 Å². The number of aromatic nitrogens is 2. The number of nitrogens with two attached hydrogens (primary N) is 1. The van der Waals surface area contributed by atoms with E-state index in [1.165, 1.54) is 32.1 Å². The molecule has 1 saturated carbocycles. The first kappa shape index (κ1) is 16.0. The third-order valence-electron chi connectivity index (χ3n) is 4.51. The van der Waals surface area contributed by atoms with E-state index in [9.17, 15) is 0 Å². The van der Waals surface area contributed by atoms with Gasteiger partial charge in [0.15, 0.2) is 0 Å². The molecule has 5 heteroatoms. The molecule has 0 bridgehead atoms. The summed E-state index contributed by atoms with van der Waals surface area (Å²) in [4.78, 5) is 8.94. The highest BCUT2D eigenvalue weighted by Gasteiger charge is 2.19. The highest BCUT2D eigenvalue weighted by Crippen LogP contribution is 2.30. The summed E-state index contributed by atoms with van der Waals surface area (Å²) in [5, 5.41) is 3.47. The molecular weight excluding hydrogens is 262 g/mol. The first-order valence-corrected chi connectivity index (χ1v) is 8.33. The third-order valence-corrected chi connectivity index (χ3v) is 4.51. The van der Waals surface area contributed by atoms with E-state index in [2.05, 4.69) is 34.6 Å². The van der Waals surface area contributed by atoms with Crippen molar-refractivity contribution in [2.45, 2.75) is 58.8 Å². The molecule has 1 aliphatic rings. The quantitative estimate of drug-likeness (QED) is 0.530. The number of nitrogens with zero attached hydrogens (tertiary/aromatic N) is 2. The molecule has 0 aromatic carbocycles. The predicted octanol–water partition coefficient (Wildman–Crippen LogP) is 3.34. The van der Waals surface area contributed by atoms with Crippen molar-refractivity contribution in [1.82, 2.24) is 9.97 Å². The van der Waals surface area contributed by atoms with Gasteiger partial charge in [-0.25, -0.2) is 15.8 Å². The Bertz CT molecular complexity index is 427. The normalized spacial score (nSPS) is 22.0. The second-order valence-electron chi connectivity index (χ2n) is 6.12. The standard InChI is InChI=1S/C16H29N5/c1-3-5-14-19-15(10-16(20-14)21-17)18-11-13-8-6-12(4-2)7-9-13/h10,12-13H,3-9,11,17H2,1-2H3,(H2,18,19,20,21). The molecule has 4 N–H and O–H groups in total. The lowest BCUT2D eigenvalue weighted by atomic mass is 9.81. The maximum absolute atomic E-state index is 5.49. The molecule has 0 saturated heterocycles. The Morgan fingerprint density at radius 1 is 1.10 bits per heavy atom. The summed E-state index contributed by atoms with van der Waals surface area (Å²) in [6.07, 6.45) is 8.67. The van der Waals surface area contributed by atoms with Crippen LogP contribution < -0.4 is 16.6 Å². The summed E-state index contributed by atoms with van der Waals surface area (Å²) >= 11 is 0. The van der Waals surface area contributed by atoms with Crippen molar-refractivity contribution in [1.29, 1.82) is 0 Å². The Balaban J connectivity index is 1.89. The van der Waals surface area contributed by atoms with Crippen LogP contribution in [0.2, 0.25) is 0 Å². The van der Waals surface area contributed by atoms with Crippen molar-refractivity contribution < 1.29 is 0 Å². The Hall–Kier alpha value is -1.36. The van der Waals surface area contributed by atoms with E-state index in [1.807, 2.05) is 6.07 Å². The van der Waals surface area contributed by atoms with Gasteiger partial charge in [0, 0.05) is 19.0 Å². The van der Waals surface area contributed by atoms with Gasteiger partial charge in [0.05, 0.1) is 0 Å². The number of hydrazine groups is 1. The van der Waals surface area contributed by atoms with Crippen molar-refractivity contribution in [3.63, 3.8) is 0 Å². The van der Waals surface area contributed by atoms with Crippen LogP contribution in [0.15, 0.2) is 6.07 Å². The van der Waals surface area contributed by atoms with Gasteiger partial charge in [-0.15, -0.1) is 0 Å². The number of anilines is 2. The van der Waals surface area contributed by atoms with E-state index in [0.717, 1.165) is 42.9 Å². The topological polar surface area (TPSA) is 75.9 Å². The molecule has 1 aromatic heterocycles. The van der Waals surface area contributed by atoms with Gasteiger partial charge in [-0.3, -0.25) is 0 Å². The molecular formula is C16H29N5. The average molecular weight is 291 g/mol. The zero-order valence-electron chi connectivity index (χ0n) is 13.4. The molecule has 0 aliphatic heterocycles. The van der Waals surface area contributed by atoms with Gasteiger partial charge < -0.3 is 10.7 Å². The number of rotatable bonds is 7. The minimum atomic E-state index is 0.686. The lowest BCUT2D eigenvalue weighted by Crippen LogP contribution is -2.21. The van der Waals surface area contributed by atoms with Crippen molar-refractivity contribution in [3.05, 3.63) is 11.9 Å². The molecule has 1 heterocycles. The SMILES string of the molecule is CCCc1nc(NN)cc(NCC2CCC(CC)CC2)n1. The van der Waals surface area contributed by atoms with Crippen LogP contribution in [0.5, 0.6) is 0 Å². The van der Waals surface area contributed by atoms with Crippen LogP contribution in [-0.4, -0.2) is 16.5 Å². The fraction of sp³-hybridized carbons (Fsp3) is 0.750. The highest BCUT2D eigenvalue weighted by atomic mass is 15.3. The molecule has 0 amide bonds. The number of aryl methyl sites for hydroxylation is 1. The molecule has 2 rings (SSSR count). The van der Waals surface area contributed by atoms with E-state index >= 15 is 0 Å². The number of hydrogen-bond donors (Lipinski definition) is 3. The summed E-state index contributed by atoms with van der Waals surface area (Å²) < 4.78 is 0. The smallest absolute Gasteiger partial charge is 0.145 e. The Morgan fingerprint density at radius 3 is 2.38 bits per heavy atom. The van der Waals surface area contributed by atoms with Gasteiger partial charge >= 0.3 is 0 Å². The summed E-state index contributed by atoms with van der Waals surface area (Å²) in [6.45, 7) is 5.44. The Kier molecular flexibility index (Phi) is 6.23. The van der Waals surface area contributed by atoms with Gasteiger partial charge in [-0.1, -0.05) is 33.1 Å². The Morgan fingerprint density at radius 2 is 1.76 bits per heavy atom. The maximum atomic E-state index is 5.49. The van der Waals surface area contributed by atoms with Crippen LogP contribution in [0.3, 0.4) is 0 Å². The largest absolute Gasteiger partial charge is 0.370 e. The van der Waals surface area contributed by atoms with Gasteiger partial charge in [-0.05, 0) is 31.1 Å². The van der Waals surface area contributed by atoms with Crippen LogP contribution in [0.1, 0.15) is 58.2 Å². The molecule has 118 valence electrons. The van der Waals surface area contributed by atoms with E-state index in [0.29, 0.717) is 5.82 Å². The predicted molar refractivity (Wildman–Crippen MR) is 88.1 cm³/mol. The summed E-state index contributed by atoms with van der Waals surface area (Å²) in [7, 11) is 0. The molecule has 0 spiro atoms. The van der Waals surface area contributed by atoms with Crippen LogP contribution >= 0.6 is 0 Å². The van der Waals surface area contributed by atoms with Crippen molar-refractivity contribution in [3.8, 4) is 0 Å². The van der Waals surface area contributed by atoms with Gasteiger partial charge in [0.25, 0.3) is 0 Å². The van der Waals surface area contributed by atoms with Crippen LogP contribution in [0.25, 0.3) is 0 Å². The molecule has 1 aliphatic carbocycles. The summed E-state index contributed by atoms with van der Waals surface area (Å²) in [5.74, 6) is 9.63. The minimum absolute atomic E-state index is 0.686. The van der Waals surface area contributed by atoms with Gasteiger partial charge in [0.2, 0.25) is 0 Å². The molecule has 0 atom stereocenters. The first-order chi connectivity index (χ1) is 10.2. The monoisotopic (exact) mass is 291 g/mol. The zero-order valence-corrected chi connectivity index (χ0v) is 13.4. The maximum Gasteiger partial charge on any atom is 0.145 e. The number of hydrogen-bond acceptors (Lipinski definition) is 5.